The van der Waals surface area contributed by atoms with E-state index in [4.69, 9.17) is 9.47 Å². The van der Waals surface area contributed by atoms with Crippen molar-refractivity contribution in [2.75, 3.05) is 13.7 Å². The van der Waals surface area contributed by atoms with Gasteiger partial charge >= 0.3 is 0 Å². The van der Waals surface area contributed by atoms with Crippen molar-refractivity contribution in [1.29, 1.82) is 0 Å². The SMILES string of the molecule is CCOc1ccc2[nH]c(=O)c(CN(Cc3ccccc3OC)Cc3nnnn3Cc3ccccc3)cc2c1. The zero-order chi connectivity index (χ0) is 26.3. The van der Waals surface area contributed by atoms with Gasteiger partial charge in [-0.25, -0.2) is 4.68 Å². The molecule has 0 aliphatic heterocycles. The van der Waals surface area contributed by atoms with E-state index in [2.05, 4.69) is 25.4 Å². The molecule has 0 amide bonds. The van der Waals surface area contributed by atoms with Gasteiger partial charge in [0.05, 0.1) is 26.8 Å². The first kappa shape index (κ1) is 25.2. The highest BCUT2D eigenvalue weighted by Crippen LogP contribution is 2.23. The molecule has 194 valence electrons. The molecule has 9 heteroatoms. The van der Waals surface area contributed by atoms with Crippen LogP contribution in [0.15, 0.2) is 83.7 Å². The van der Waals surface area contributed by atoms with E-state index >= 15 is 0 Å². The second kappa shape index (κ2) is 11.7. The fraction of sp³-hybridized carbons (Fsp3) is 0.241. The fourth-order valence-electron chi connectivity index (χ4n) is 4.50. The van der Waals surface area contributed by atoms with Gasteiger partial charge in [0, 0.05) is 35.1 Å². The van der Waals surface area contributed by atoms with Crippen molar-refractivity contribution >= 4 is 10.9 Å². The van der Waals surface area contributed by atoms with Crippen molar-refractivity contribution in [2.24, 2.45) is 0 Å². The molecule has 9 nitrogen and oxygen atoms in total. The molecule has 0 atom stereocenters. The maximum absolute atomic E-state index is 13.1. The Balaban J connectivity index is 1.47. The maximum atomic E-state index is 13.1. The van der Waals surface area contributed by atoms with Gasteiger partial charge in [-0.1, -0.05) is 48.5 Å². The molecule has 0 fully saturated rings. The van der Waals surface area contributed by atoms with Gasteiger partial charge in [-0.3, -0.25) is 9.69 Å². The number of fused-ring (bicyclic) bond motifs is 1. The molecule has 0 aliphatic rings. The molecule has 3 aromatic carbocycles. The Labute approximate surface area is 220 Å². The number of aromatic nitrogens is 5. The lowest BCUT2D eigenvalue weighted by molar-refractivity contribution is 0.232. The molecule has 0 radical (unpaired) electrons. The number of nitrogens with zero attached hydrogens (tertiary/aromatic N) is 5. The summed E-state index contributed by atoms with van der Waals surface area (Å²) in [7, 11) is 1.66. The van der Waals surface area contributed by atoms with Crippen LogP contribution in [0.4, 0.5) is 0 Å². The molecule has 38 heavy (non-hydrogen) atoms. The molecule has 5 aromatic rings. The van der Waals surface area contributed by atoms with Crippen LogP contribution in [0.25, 0.3) is 10.9 Å². The summed E-state index contributed by atoms with van der Waals surface area (Å²) in [6.45, 7) is 4.45. The summed E-state index contributed by atoms with van der Waals surface area (Å²) in [4.78, 5) is 18.2. The molecule has 0 aliphatic carbocycles. The Bertz CT molecular complexity index is 1560. The van der Waals surface area contributed by atoms with Crippen LogP contribution in [-0.2, 0) is 26.2 Å². The zero-order valence-electron chi connectivity index (χ0n) is 21.5. The molecule has 0 saturated carbocycles. The Morgan fingerprint density at radius 3 is 2.53 bits per heavy atom. The Kier molecular flexibility index (Phi) is 7.75. The van der Waals surface area contributed by atoms with E-state index in [0.717, 1.165) is 33.5 Å². The van der Waals surface area contributed by atoms with E-state index in [0.29, 0.717) is 44.2 Å². The van der Waals surface area contributed by atoms with Gasteiger partial charge in [0.25, 0.3) is 5.56 Å². The molecule has 5 rings (SSSR count). The first-order valence-corrected chi connectivity index (χ1v) is 12.5. The van der Waals surface area contributed by atoms with Crippen molar-refractivity contribution < 1.29 is 9.47 Å². The number of benzene rings is 3. The fourth-order valence-corrected chi connectivity index (χ4v) is 4.50. The van der Waals surface area contributed by atoms with Crippen LogP contribution in [0.2, 0.25) is 0 Å². The zero-order valence-corrected chi connectivity index (χ0v) is 21.5. The molecule has 0 saturated heterocycles. The summed E-state index contributed by atoms with van der Waals surface area (Å²) in [6, 6.07) is 25.6. The summed E-state index contributed by atoms with van der Waals surface area (Å²) >= 11 is 0. The quantitative estimate of drug-likeness (QED) is 0.285. The van der Waals surface area contributed by atoms with Gasteiger partial charge in [0.1, 0.15) is 11.5 Å². The monoisotopic (exact) mass is 510 g/mol. The number of nitrogens with one attached hydrogen (secondary N) is 1. The summed E-state index contributed by atoms with van der Waals surface area (Å²) in [5.41, 5.74) is 3.39. The highest BCUT2D eigenvalue weighted by Gasteiger charge is 2.17. The smallest absolute Gasteiger partial charge is 0.252 e. The Hall–Kier alpha value is -4.50. The number of methoxy groups -OCH3 is 1. The minimum atomic E-state index is -0.129. The van der Waals surface area contributed by atoms with E-state index in [1.165, 1.54) is 0 Å². The number of ether oxygens (including phenoxy) is 2. The molecular formula is C29H30N6O3. The molecule has 2 aromatic heterocycles. The van der Waals surface area contributed by atoms with Gasteiger partial charge in [-0.2, -0.15) is 0 Å². The topological polar surface area (TPSA) is 98.2 Å². The van der Waals surface area contributed by atoms with Crippen molar-refractivity contribution in [3.8, 4) is 11.5 Å². The van der Waals surface area contributed by atoms with Crippen LogP contribution in [0, 0.1) is 0 Å². The van der Waals surface area contributed by atoms with Crippen LogP contribution in [0.3, 0.4) is 0 Å². The van der Waals surface area contributed by atoms with E-state index in [1.54, 1.807) is 11.8 Å². The van der Waals surface area contributed by atoms with Crippen LogP contribution in [0.5, 0.6) is 11.5 Å². The number of para-hydroxylation sites is 1. The first-order valence-electron chi connectivity index (χ1n) is 12.5. The van der Waals surface area contributed by atoms with Crippen molar-refractivity contribution in [3.63, 3.8) is 0 Å². The van der Waals surface area contributed by atoms with Crippen LogP contribution in [-0.4, -0.2) is 43.8 Å². The lowest BCUT2D eigenvalue weighted by atomic mass is 10.1. The van der Waals surface area contributed by atoms with Crippen molar-refractivity contribution in [3.05, 3.63) is 112 Å². The number of rotatable bonds is 11. The number of H-pyrrole nitrogens is 1. The Morgan fingerprint density at radius 2 is 1.71 bits per heavy atom. The number of pyridine rings is 1. The van der Waals surface area contributed by atoms with Crippen molar-refractivity contribution in [1.82, 2.24) is 30.1 Å². The van der Waals surface area contributed by atoms with Gasteiger partial charge in [0.15, 0.2) is 5.82 Å². The van der Waals surface area contributed by atoms with Crippen LogP contribution < -0.4 is 15.0 Å². The lowest BCUT2D eigenvalue weighted by Gasteiger charge is -2.23. The van der Waals surface area contributed by atoms with Gasteiger partial charge in [-0.05, 0) is 53.2 Å². The number of hydrogen-bond donors (Lipinski definition) is 1. The minimum Gasteiger partial charge on any atom is -0.496 e. The largest absolute Gasteiger partial charge is 0.496 e. The highest BCUT2D eigenvalue weighted by molar-refractivity contribution is 5.80. The first-order chi connectivity index (χ1) is 18.6. The summed E-state index contributed by atoms with van der Waals surface area (Å²) in [5, 5.41) is 13.4. The third kappa shape index (κ3) is 5.90. The molecule has 1 N–H and O–H groups in total. The average Bonchev–Trinajstić information content (AvgIpc) is 3.36. The molecule has 0 spiro atoms. The predicted octanol–water partition coefficient (Wildman–Crippen LogP) is 4.17. The predicted molar refractivity (Wildman–Crippen MR) is 145 cm³/mol. The molecular weight excluding hydrogens is 480 g/mol. The molecule has 0 bridgehead atoms. The van der Waals surface area contributed by atoms with Crippen LogP contribution in [0.1, 0.15) is 29.4 Å². The van der Waals surface area contributed by atoms with E-state index in [-0.39, 0.29) is 5.56 Å². The molecule has 2 heterocycles. The third-order valence-corrected chi connectivity index (χ3v) is 6.33. The van der Waals surface area contributed by atoms with Crippen LogP contribution >= 0.6 is 0 Å². The normalized spacial score (nSPS) is 11.2. The highest BCUT2D eigenvalue weighted by atomic mass is 16.5. The second-order valence-electron chi connectivity index (χ2n) is 9.00. The third-order valence-electron chi connectivity index (χ3n) is 6.33. The molecule has 0 unspecified atom stereocenters. The average molecular weight is 511 g/mol. The second-order valence-corrected chi connectivity index (χ2v) is 9.00. The maximum Gasteiger partial charge on any atom is 0.252 e. The summed E-state index contributed by atoms with van der Waals surface area (Å²) < 4.78 is 13.1. The summed E-state index contributed by atoms with van der Waals surface area (Å²) in [5.74, 6) is 2.26. The standard InChI is InChI=1S/C29H30N6O3/c1-3-38-25-13-14-26-23(16-25)15-24(29(36)30-26)19-34(18-22-11-7-8-12-27(22)37-2)20-28-31-32-33-35(28)17-21-9-5-4-6-10-21/h4-16H,3,17-20H2,1-2H3,(H,30,36). The van der Waals surface area contributed by atoms with E-state index in [9.17, 15) is 4.79 Å². The number of aromatic amines is 1. The number of tetrazole rings is 1. The summed E-state index contributed by atoms with van der Waals surface area (Å²) in [6.07, 6.45) is 0. The number of hydrogen-bond acceptors (Lipinski definition) is 7. The lowest BCUT2D eigenvalue weighted by Crippen LogP contribution is -2.28. The van der Waals surface area contributed by atoms with E-state index in [1.807, 2.05) is 85.8 Å². The minimum absolute atomic E-state index is 0.129. The Morgan fingerprint density at radius 1 is 0.921 bits per heavy atom. The van der Waals surface area contributed by atoms with Gasteiger partial charge in [0.2, 0.25) is 0 Å². The van der Waals surface area contributed by atoms with E-state index < -0.39 is 0 Å². The van der Waals surface area contributed by atoms with Gasteiger partial charge in [-0.15, -0.1) is 5.10 Å². The van der Waals surface area contributed by atoms with Gasteiger partial charge < -0.3 is 14.5 Å². The van der Waals surface area contributed by atoms with Crippen molar-refractivity contribution in [2.45, 2.75) is 33.1 Å².